The Morgan fingerprint density at radius 1 is 1.44 bits per heavy atom. The lowest BCUT2D eigenvalue weighted by Crippen LogP contribution is -2.38. The van der Waals surface area contributed by atoms with Gasteiger partial charge in [0, 0.05) is 6.04 Å². The molecule has 0 aromatic heterocycles. The number of nitrogens with two attached hydrogens (primary N) is 1. The maximum atomic E-state index is 14.0. The van der Waals surface area contributed by atoms with E-state index in [2.05, 4.69) is 19.3 Å². The third-order valence-corrected chi connectivity index (χ3v) is 3.35. The van der Waals surface area contributed by atoms with Gasteiger partial charge in [0.25, 0.3) is 0 Å². The van der Waals surface area contributed by atoms with Crippen molar-refractivity contribution in [1.82, 2.24) is 5.43 Å². The van der Waals surface area contributed by atoms with Gasteiger partial charge in [0.15, 0.2) is 11.6 Å². The van der Waals surface area contributed by atoms with E-state index in [0.717, 1.165) is 12.8 Å². The van der Waals surface area contributed by atoms with Crippen molar-refractivity contribution in [1.29, 1.82) is 0 Å². The van der Waals surface area contributed by atoms with Gasteiger partial charge >= 0.3 is 0 Å². The van der Waals surface area contributed by atoms with Crippen LogP contribution >= 0.6 is 0 Å². The van der Waals surface area contributed by atoms with E-state index in [-0.39, 0.29) is 17.6 Å². The zero-order valence-electron chi connectivity index (χ0n) is 11.4. The maximum absolute atomic E-state index is 14.0. The van der Waals surface area contributed by atoms with Gasteiger partial charge in [0.2, 0.25) is 0 Å². The molecule has 3 nitrogen and oxygen atoms in total. The van der Waals surface area contributed by atoms with Gasteiger partial charge in [0.05, 0.1) is 7.11 Å². The SMILES string of the molecule is CCC(C)CC(Cc1cccc(OC)c1F)NN. The number of benzene rings is 1. The molecule has 18 heavy (non-hydrogen) atoms. The standard InChI is InChI=1S/C14H23FN2O/c1-4-10(2)8-12(17-16)9-11-6-5-7-13(18-3)14(11)15/h5-7,10,12,17H,4,8-9,16H2,1-3H3. The third-order valence-electron chi connectivity index (χ3n) is 3.35. The van der Waals surface area contributed by atoms with Crippen molar-refractivity contribution in [2.45, 2.75) is 39.2 Å². The van der Waals surface area contributed by atoms with E-state index in [1.54, 1.807) is 18.2 Å². The van der Waals surface area contributed by atoms with Crippen molar-refractivity contribution < 1.29 is 9.13 Å². The van der Waals surface area contributed by atoms with E-state index in [9.17, 15) is 4.39 Å². The maximum Gasteiger partial charge on any atom is 0.168 e. The van der Waals surface area contributed by atoms with E-state index in [4.69, 9.17) is 10.6 Å². The van der Waals surface area contributed by atoms with Crippen LogP contribution in [0.2, 0.25) is 0 Å². The molecule has 0 aliphatic heterocycles. The lowest BCUT2D eigenvalue weighted by atomic mass is 9.95. The third kappa shape index (κ3) is 3.96. The Bertz CT molecular complexity index is 371. The second-order valence-electron chi connectivity index (χ2n) is 4.75. The molecule has 0 heterocycles. The highest BCUT2D eigenvalue weighted by Gasteiger charge is 2.15. The lowest BCUT2D eigenvalue weighted by molar-refractivity contribution is 0.373. The molecule has 0 spiro atoms. The molecule has 1 aromatic carbocycles. The van der Waals surface area contributed by atoms with Crippen molar-refractivity contribution >= 4 is 0 Å². The minimum absolute atomic E-state index is 0.0848. The molecular weight excluding hydrogens is 231 g/mol. The molecule has 102 valence electrons. The average molecular weight is 254 g/mol. The largest absolute Gasteiger partial charge is 0.494 e. The summed E-state index contributed by atoms with van der Waals surface area (Å²) in [5.41, 5.74) is 3.41. The molecule has 2 unspecified atom stereocenters. The predicted octanol–water partition coefficient (Wildman–Crippen LogP) is 2.64. The summed E-state index contributed by atoms with van der Waals surface area (Å²) in [5, 5.41) is 0. The summed E-state index contributed by atoms with van der Waals surface area (Å²) >= 11 is 0. The zero-order chi connectivity index (χ0) is 13.5. The highest BCUT2D eigenvalue weighted by atomic mass is 19.1. The van der Waals surface area contributed by atoms with Gasteiger partial charge in [0.1, 0.15) is 0 Å². The van der Waals surface area contributed by atoms with Crippen molar-refractivity contribution in [3.8, 4) is 5.75 Å². The second-order valence-corrected chi connectivity index (χ2v) is 4.75. The first-order valence-corrected chi connectivity index (χ1v) is 6.39. The summed E-state index contributed by atoms with van der Waals surface area (Å²) in [4.78, 5) is 0. The molecule has 0 saturated carbocycles. The Labute approximate surface area is 108 Å². The Hall–Kier alpha value is -1.13. The molecule has 2 atom stereocenters. The molecule has 4 heteroatoms. The fraction of sp³-hybridized carbons (Fsp3) is 0.571. The normalized spacial score (nSPS) is 14.3. The highest BCUT2D eigenvalue weighted by Crippen LogP contribution is 2.22. The van der Waals surface area contributed by atoms with Gasteiger partial charge in [-0.05, 0) is 30.4 Å². The average Bonchev–Trinajstić information content (AvgIpc) is 2.39. The molecule has 0 radical (unpaired) electrons. The van der Waals surface area contributed by atoms with E-state index >= 15 is 0 Å². The molecule has 0 amide bonds. The summed E-state index contributed by atoms with van der Waals surface area (Å²) in [7, 11) is 1.47. The second kappa shape index (κ2) is 7.34. The topological polar surface area (TPSA) is 47.3 Å². The molecule has 0 aliphatic rings. The molecule has 0 aliphatic carbocycles. The van der Waals surface area contributed by atoms with Crippen LogP contribution in [0.3, 0.4) is 0 Å². The zero-order valence-corrected chi connectivity index (χ0v) is 11.4. The van der Waals surface area contributed by atoms with E-state index in [1.165, 1.54) is 7.11 Å². The molecular formula is C14H23FN2O. The first kappa shape index (κ1) is 14.9. The first-order chi connectivity index (χ1) is 8.62. The number of ether oxygens (including phenoxy) is 1. The summed E-state index contributed by atoms with van der Waals surface area (Å²) < 4.78 is 19.0. The Morgan fingerprint density at radius 3 is 2.72 bits per heavy atom. The van der Waals surface area contributed by atoms with Crippen molar-refractivity contribution in [3.05, 3.63) is 29.6 Å². The Kier molecular flexibility index (Phi) is 6.09. The minimum atomic E-state index is -0.288. The molecule has 1 rings (SSSR count). The van der Waals surface area contributed by atoms with E-state index in [1.807, 2.05) is 0 Å². The fourth-order valence-corrected chi connectivity index (χ4v) is 2.00. The number of methoxy groups -OCH3 is 1. The monoisotopic (exact) mass is 254 g/mol. The molecule has 3 N–H and O–H groups in total. The van der Waals surface area contributed by atoms with Gasteiger partial charge < -0.3 is 4.74 Å². The highest BCUT2D eigenvalue weighted by molar-refractivity contribution is 5.31. The number of hydrazine groups is 1. The van der Waals surface area contributed by atoms with Gasteiger partial charge in [-0.1, -0.05) is 32.4 Å². The van der Waals surface area contributed by atoms with Crippen LogP contribution in [-0.4, -0.2) is 13.2 Å². The van der Waals surface area contributed by atoms with E-state index < -0.39 is 0 Å². The quantitative estimate of drug-likeness (QED) is 0.581. The first-order valence-electron chi connectivity index (χ1n) is 6.39. The lowest BCUT2D eigenvalue weighted by Gasteiger charge is -2.20. The Balaban J connectivity index is 2.75. The number of nitrogens with one attached hydrogen (secondary N) is 1. The van der Waals surface area contributed by atoms with E-state index in [0.29, 0.717) is 17.9 Å². The van der Waals surface area contributed by atoms with Crippen LogP contribution in [-0.2, 0) is 6.42 Å². The van der Waals surface area contributed by atoms with Crippen LogP contribution in [0.25, 0.3) is 0 Å². The summed E-state index contributed by atoms with van der Waals surface area (Å²) in [6, 6.07) is 5.28. The predicted molar refractivity (Wildman–Crippen MR) is 71.8 cm³/mol. The van der Waals surface area contributed by atoms with Gasteiger partial charge in [-0.3, -0.25) is 11.3 Å². The van der Waals surface area contributed by atoms with Crippen LogP contribution in [0.5, 0.6) is 5.75 Å². The molecule has 0 bridgehead atoms. The Morgan fingerprint density at radius 2 is 2.17 bits per heavy atom. The number of rotatable bonds is 7. The number of halogens is 1. The summed E-state index contributed by atoms with van der Waals surface area (Å²) in [5.74, 6) is 6.11. The van der Waals surface area contributed by atoms with Crippen molar-refractivity contribution in [2.24, 2.45) is 11.8 Å². The minimum Gasteiger partial charge on any atom is -0.494 e. The van der Waals surface area contributed by atoms with Crippen molar-refractivity contribution in [3.63, 3.8) is 0 Å². The van der Waals surface area contributed by atoms with Crippen LogP contribution in [0, 0.1) is 11.7 Å². The fourth-order valence-electron chi connectivity index (χ4n) is 2.00. The molecule has 1 aromatic rings. The molecule has 0 fully saturated rings. The number of hydrogen-bond acceptors (Lipinski definition) is 3. The van der Waals surface area contributed by atoms with Crippen LogP contribution in [0.4, 0.5) is 4.39 Å². The summed E-state index contributed by atoms with van der Waals surface area (Å²) in [6.45, 7) is 4.32. The van der Waals surface area contributed by atoms with Crippen LogP contribution in [0.1, 0.15) is 32.3 Å². The summed E-state index contributed by atoms with van der Waals surface area (Å²) in [6.07, 6.45) is 2.60. The van der Waals surface area contributed by atoms with Crippen LogP contribution in [0.15, 0.2) is 18.2 Å². The smallest absolute Gasteiger partial charge is 0.168 e. The van der Waals surface area contributed by atoms with Crippen LogP contribution < -0.4 is 16.0 Å². The van der Waals surface area contributed by atoms with Gasteiger partial charge in [-0.25, -0.2) is 4.39 Å². The van der Waals surface area contributed by atoms with Crippen molar-refractivity contribution in [2.75, 3.05) is 7.11 Å². The number of hydrogen-bond donors (Lipinski definition) is 2. The van der Waals surface area contributed by atoms with Gasteiger partial charge in [-0.15, -0.1) is 0 Å². The van der Waals surface area contributed by atoms with Gasteiger partial charge in [-0.2, -0.15) is 0 Å². The molecule has 0 saturated heterocycles.